The van der Waals surface area contributed by atoms with E-state index in [0.717, 1.165) is 11.3 Å². The summed E-state index contributed by atoms with van der Waals surface area (Å²) in [5, 5.41) is 13.7. The van der Waals surface area contributed by atoms with E-state index in [1.807, 2.05) is 32.3 Å². The van der Waals surface area contributed by atoms with Crippen molar-refractivity contribution in [2.45, 2.75) is 13.5 Å². The summed E-state index contributed by atoms with van der Waals surface area (Å²) in [5.74, 6) is 0.934. The second kappa shape index (κ2) is 4.26. The molecule has 2 rings (SSSR count). The number of ether oxygens (including phenoxy) is 1. The Bertz CT molecular complexity index is 492. The summed E-state index contributed by atoms with van der Waals surface area (Å²) in [5.41, 5.74) is 1.61. The van der Waals surface area contributed by atoms with Crippen molar-refractivity contribution in [3.63, 3.8) is 0 Å². The smallest absolute Gasteiger partial charge is 0.132 e. The van der Waals surface area contributed by atoms with Gasteiger partial charge in [0.05, 0.1) is 5.69 Å². The van der Waals surface area contributed by atoms with Crippen molar-refractivity contribution in [3.8, 4) is 11.5 Å². The van der Waals surface area contributed by atoms with Crippen molar-refractivity contribution < 1.29 is 9.84 Å². The monoisotopic (exact) mass is 218 g/mol. The SMILES string of the molecule is Cc1c(O)cccc1OCc1ccn(C)n1. The van der Waals surface area contributed by atoms with Gasteiger partial charge >= 0.3 is 0 Å². The van der Waals surface area contributed by atoms with Gasteiger partial charge in [-0.1, -0.05) is 6.07 Å². The van der Waals surface area contributed by atoms with E-state index in [2.05, 4.69) is 5.10 Å². The molecule has 0 aliphatic rings. The lowest BCUT2D eigenvalue weighted by Crippen LogP contribution is -1.99. The molecule has 4 heteroatoms. The molecule has 16 heavy (non-hydrogen) atoms. The third kappa shape index (κ3) is 2.16. The van der Waals surface area contributed by atoms with Gasteiger partial charge in [-0.15, -0.1) is 0 Å². The molecule has 84 valence electrons. The van der Waals surface area contributed by atoms with Gasteiger partial charge in [-0.3, -0.25) is 4.68 Å². The molecule has 2 aromatic rings. The van der Waals surface area contributed by atoms with Crippen LogP contribution in [-0.2, 0) is 13.7 Å². The Morgan fingerprint density at radius 3 is 2.88 bits per heavy atom. The van der Waals surface area contributed by atoms with Gasteiger partial charge in [0.15, 0.2) is 0 Å². The number of benzene rings is 1. The van der Waals surface area contributed by atoms with Crippen LogP contribution in [0.4, 0.5) is 0 Å². The maximum absolute atomic E-state index is 9.50. The average Bonchev–Trinajstić information content (AvgIpc) is 2.67. The molecule has 1 aromatic heterocycles. The van der Waals surface area contributed by atoms with Crippen LogP contribution in [0.5, 0.6) is 11.5 Å². The van der Waals surface area contributed by atoms with E-state index in [4.69, 9.17) is 4.74 Å². The zero-order valence-electron chi connectivity index (χ0n) is 9.34. The first-order chi connectivity index (χ1) is 7.66. The van der Waals surface area contributed by atoms with E-state index >= 15 is 0 Å². The molecule has 0 aliphatic heterocycles. The zero-order valence-corrected chi connectivity index (χ0v) is 9.34. The van der Waals surface area contributed by atoms with Crippen LogP contribution < -0.4 is 4.74 Å². The first-order valence-electron chi connectivity index (χ1n) is 5.07. The molecule has 0 aliphatic carbocycles. The summed E-state index contributed by atoms with van der Waals surface area (Å²) < 4.78 is 7.31. The van der Waals surface area contributed by atoms with Crippen LogP contribution in [-0.4, -0.2) is 14.9 Å². The number of hydrogen-bond acceptors (Lipinski definition) is 3. The van der Waals surface area contributed by atoms with Gasteiger partial charge < -0.3 is 9.84 Å². The second-order valence-electron chi connectivity index (χ2n) is 3.67. The molecule has 0 saturated carbocycles. The van der Waals surface area contributed by atoms with Crippen LogP contribution in [0.3, 0.4) is 0 Å². The third-order valence-electron chi connectivity index (χ3n) is 2.40. The Hall–Kier alpha value is -1.97. The van der Waals surface area contributed by atoms with Gasteiger partial charge in [-0.05, 0) is 25.1 Å². The summed E-state index contributed by atoms with van der Waals surface area (Å²) in [6.45, 7) is 2.23. The standard InChI is InChI=1S/C12H14N2O2/c1-9-11(15)4-3-5-12(9)16-8-10-6-7-14(2)13-10/h3-7,15H,8H2,1-2H3. The summed E-state index contributed by atoms with van der Waals surface area (Å²) in [7, 11) is 1.86. The molecule has 1 heterocycles. The summed E-state index contributed by atoms with van der Waals surface area (Å²) in [4.78, 5) is 0. The number of aromatic nitrogens is 2. The first kappa shape index (κ1) is 10.5. The van der Waals surface area contributed by atoms with Crippen molar-refractivity contribution >= 4 is 0 Å². The Morgan fingerprint density at radius 1 is 1.38 bits per heavy atom. The van der Waals surface area contributed by atoms with E-state index in [1.54, 1.807) is 16.8 Å². The lowest BCUT2D eigenvalue weighted by molar-refractivity contribution is 0.296. The molecule has 4 nitrogen and oxygen atoms in total. The fraction of sp³-hybridized carbons (Fsp3) is 0.250. The normalized spacial score (nSPS) is 10.4. The predicted octanol–water partition coefficient (Wildman–Crippen LogP) is 2.01. The number of phenols is 1. The minimum absolute atomic E-state index is 0.249. The number of hydrogen-bond donors (Lipinski definition) is 1. The molecule has 0 radical (unpaired) electrons. The van der Waals surface area contributed by atoms with E-state index in [-0.39, 0.29) is 5.75 Å². The van der Waals surface area contributed by atoms with Crippen LogP contribution >= 0.6 is 0 Å². The van der Waals surface area contributed by atoms with Crippen LogP contribution in [0, 0.1) is 6.92 Å². The quantitative estimate of drug-likeness (QED) is 0.857. The maximum Gasteiger partial charge on any atom is 0.132 e. The second-order valence-corrected chi connectivity index (χ2v) is 3.67. The van der Waals surface area contributed by atoms with Gasteiger partial charge in [0.25, 0.3) is 0 Å². The zero-order chi connectivity index (χ0) is 11.5. The Morgan fingerprint density at radius 2 is 2.19 bits per heavy atom. The highest BCUT2D eigenvalue weighted by Gasteiger charge is 2.04. The molecule has 0 amide bonds. The Balaban J connectivity index is 2.07. The fourth-order valence-electron chi connectivity index (χ4n) is 1.45. The molecule has 0 unspecified atom stereocenters. The third-order valence-corrected chi connectivity index (χ3v) is 2.40. The van der Waals surface area contributed by atoms with E-state index < -0.39 is 0 Å². The van der Waals surface area contributed by atoms with Crippen molar-refractivity contribution in [3.05, 3.63) is 41.7 Å². The minimum atomic E-state index is 0.249. The van der Waals surface area contributed by atoms with Gasteiger partial charge in [-0.2, -0.15) is 5.10 Å². The molecule has 0 bridgehead atoms. The minimum Gasteiger partial charge on any atom is -0.508 e. The largest absolute Gasteiger partial charge is 0.508 e. The molecule has 1 aromatic carbocycles. The van der Waals surface area contributed by atoms with Crippen molar-refractivity contribution in [2.75, 3.05) is 0 Å². The number of nitrogens with zero attached hydrogens (tertiary/aromatic N) is 2. The highest BCUT2D eigenvalue weighted by molar-refractivity contribution is 5.42. The van der Waals surface area contributed by atoms with Crippen molar-refractivity contribution in [1.82, 2.24) is 9.78 Å². The van der Waals surface area contributed by atoms with E-state index in [1.165, 1.54) is 0 Å². The summed E-state index contributed by atoms with van der Waals surface area (Å²) in [6, 6.07) is 7.13. The number of aryl methyl sites for hydroxylation is 1. The lowest BCUT2D eigenvalue weighted by Gasteiger charge is -2.08. The van der Waals surface area contributed by atoms with Crippen molar-refractivity contribution in [2.24, 2.45) is 7.05 Å². The predicted molar refractivity (Wildman–Crippen MR) is 60.4 cm³/mol. The van der Waals surface area contributed by atoms with Crippen LogP contribution in [0.2, 0.25) is 0 Å². The Labute approximate surface area is 94.1 Å². The molecule has 0 fully saturated rings. The van der Waals surface area contributed by atoms with Crippen LogP contribution in [0.15, 0.2) is 30.5 Å². The fourth-order valence-corrected chi connectivity index (χ4v) is 1.45. The lowest BCUT2D eigenvalue weighted by atomic mass is 10.2. The summed E-state index contributed by atoms with van der Waals surface area (Å²) >= 11 is 0. The van der Waals surface area contributed by atoms with Crippen molar-refractivity contribution in [1.29, 1.82) is 0 Å². The van der Waals surface area contributed by atoms with Gasteiger partial charge in [0.1, 0.15) is 18.1 Å². The van der Waals surface area contributed by atoms with Gasteiger partial charge in [-0.25, -0.2) is 0 Å². The van der Waals surface area contributed by atoms with E-state index in [9.17, 15) is 5.11 Å². The molecule has 0 spiro atoms. The Kier molecular flexibility index (Phi) is 2.81. The molecule has 0 saturated heterocycles. The van der Waals surface area contributed by atoms with Crippen LogP contribution in [0.1, 0.15) is 11.3 Å². The van der Waals surface area contributed by atoms with Gasteiger partial charge in [0, 0.05) is 18.8 Å². The highest BCUT2D eigenvalue weighted by atomic mass is 16.5. The molecule has 0 atom stereocenters. The first-order valence-corrected chi connectivity index (χ1v) is 5.07. The number of rotatable bonds is 3. The van der Waals surface area contributed by atoms with Gasteiger partial charge in [0.2, 0.25) is 0 Å². The van der Waals surface area contributed by atoms with Crippen LogP contribution in [0.25, 0.3) is 0 Å². The topological polar surface area (TPSA) is 47.3 Å². The molecule has 1 N–H and O–H groups in total. The molecular weight excluding hydrogens is 204 g/mol. The summed E-state index contributed by atoms with van der Waals surface area (Å²) in [6.07, 6.45) is 1.87. The molecular formula is C12H14N2O2. The average molecular weight is 218 g/mol. The van der Waals surface area contributed by atoms with E-state index in [0.29, 0.717) is 12.4 Å². The number of aromatic hydroxyl groups is 1. The number of phenolic OH excluding ortho intramolecular Hbond substituents is 1. The maximum atomic E-state index is 9.50. The highest BCUT2D eigenvalue weighted by Crippen LogP contribution is 2.26.